The van der Waals surface area contributed by atoms with Crippen molar-refractivity contribution in [2.24, 2.45) is 10.9 Å². The summed E-state index contributed by atoms with van der Waals surface area (Å²) in [6.07, 6.45) is 3.06. The number of rotatable bonds is 8. The summed E-state index contributed by atoms with van der Waals surface area (Å²) in [6, 6.07) is 2.46. The number of morpholine rings is 1. The van der Waals surface area contributed by atoms with Gasteiger partial charge in [-0.25, -0.2) is 18.6 Å². The Labute approximate surface area is 222 Å². The fraction of sp³-hybridized carbons (Fsp3) is 0.462. The molecule has 202 valence electrons. The normalized spacial score (nSPS) is 25.5. The molecule has 4 heterocycles. The average Bonchev–Trinajstić information content (AvgIpc) is 3.41. The monoisotopic (exact) mass is 546 g/mol. The maximum Gasteiger partial charge on any atom is 0.338 e. The van der Waals surface area contributed by atoms with Gasteiger partial charge in [0.2, 0.25) is 0 Å². The second kappa shape index (κ2) is 11.3. The molecular weight excluding hydrogens is 518 g/mol. The molecule has 5 rings (SSSR count). The zero-order valence-electron chi connectivity index (χ0n) is 20.7. The number of carboxylic acids is 1. The number of aromatic nitrogens is 1. The van der Waals surface area contributed by atoms with Gasteiger partial charge in [0, 0.05) is 42.3 Å². The van der Waals surface area contributed by atoms with Gasteiger partial charge in [-0.15, -0.1) is 11.3 Å². The Bertz CT molecular complexity index is 1250. The number of esters is 1. The van der Waals surface area contributed by atoms with Crippen LogP contribution in [0.5, 0.6) is 0 Å². The van der Waals surface area contributed by atoms with Crippen molar-refractivity contribution in [1.29, 1.82) is 0 Å². The van der Waals surface area contributed by atoms with Gasteiger partial charge in [-0.2, -0.15) is 0 Å². The molecule has 9 nitrogen and oxygen atoms in total. The van der Waals surface area contributed by atoms with E-state index in [0.717, 1.165) is 12.1 Å². The molecule has 2 saturated heterocycles. The van der Waals surface area contributed by atoms with E-state index in [0.29, 0.717) is 54.7 Å². The fourth-order valence-electron chi connectivity index (χ4n) is 5.50. The molecule has 2 fully saturated rings. The van der Waals surface area contributed by atoms with E-state index >= 15 is 0 Å². The van der Waals surface area contributed by atoms with Gasteiger partial charge in [-0.3, -0.25) is 14.7 Å². The molecule has 1 aromatic carbocycles. The van der Waals surface area contributed by atoms with Crippen LogP contribution in [-0.2, 0) is 19.1 Å². The zero-order valence-corrected chi connectivity index (χ0v) is 21.5. The maximum atomic E-state index is 14.3. The number of aliphatic imine (C=N–C) groups is 1. The van der Waals surface area contributed by atoms with Gasteiger partial charge in [0.05, 0.1) is 25.4 Å². The first-order valence-electron chi connectivity index (χ1n) is 12.5. The summed E-state index contributed by atoms with van der Waals surface area (Å²) in [6.45, 7) is 3.05. The number of thiazole rings is 1. The number of nitrogens with one attached hydrogen (secondary N) is 1. The van der Waals surface area contributed by atoms with Crippen LogP contribution in [0.2, 0.25) is 0 Å². The SMILES string of the molecule is CCOC(=O)C1=C(CN2C3COC[C@@H]2CC(CC(=O)O)C3)NC(c2nccs2)=NC1c1ccc(F)c(F)c1. The summed E-state index contributed by atoms with van der Waals surface area (Å²) in [5.41, 5.74) is 1.06. The Kier molecular flexibility index (Phi) is 7.82. The highest BCUT2D eigenvalue weighted by atomic mass is 32.1. The van der Waals surface area contributed by atoms with Gasteiger partial charge in [0.15, 0.2) is 22.5 Å². The minimum absolute atomic E-state index is 0.0338. The summed E-state index contributed by atoms with van der Waals surface area (Å²) in [5, 5.41) is 15.0. The highest BCUT2D eigenvalue weighted by Crippen LogP contribution is 2.37. The number of fused-ring (bicyclic) bond motifs is 2. The van der Waals surface area contributed by atoms with Crippen LogP contribution in [0.1, 0.15) is 42.8 Å². The third kappa shape index (κ3) is 5.47. The molecule has 38 heavy (non-hydrogen) atoms. The number of hydrogen-bond acceptors (Lipinski definition) is 9. The lowest BCUT2D eigenvalue weighted by Gasteiger charge is -2.49. The van der Waals surface area contributed by atoms with E-state index in [2.05, 4.69) is 15.2 Å². The second-order valence-electron chi connectivity index (χ2n) is 9.58. The van der Waals surface area contributed by atoms with Crippen molar-refractivity contribution >= 4 is 29.1 Å². The summed E-state index contributed by atoms with van der Waals surface area (Å²) in [4.78, 5) is 36.0. The number of ether oxygens (including phenoxy) is 2. The molecular formula is C26H28F2N4O5S. The number of carbonyl (C=O) groups is 2. The van der Waals surface area contributed by atoms with E-state index in [1.807, 2.05) is 0 Å². The van der Waals surface area contributed by atoms with E-state index < -0.39 is 29.6 Å². The molecule has 1 aromatic heterocycles. The topological polar surface area (TPSA) is 113 Å². The third-order valence-corrected chi connectivity index (χ3v) is 7.87. The predicted molar refractivity (Wildman–Crippen MR) is 135 cm³/mol. The van der Waals surface area contributed by atoms with Crippen molar-refractivity contribution in [3.63, 3.8) is 0 Å². The number of nitrogens with zero attached hydrogens (tertiary/aromatic N) is 3. The summed E-state index contributed by atoms with van der Waals surface area (Å²) in [7, 11) is 0. The summed E-state index contributed by atoms with van der Waals surface area (Å²) < 4.78 is 39.3. The van der Waals surface area contributed by atoms with E-state index in [4.69, 9.17) is 14.5 Å². The number of piperidine rings is 1. The largest absolute Gasteiger partial charge is 0.481 e. The first-order valence-corrected chi connectivity index (χ1v) is 13.4. The lowest BCUT2D eigenvalue weighted by molar-refractivity contribution is -0.141. The van der Waals surface area contributed by atoms with Crippen LogP contribution in [0, 0.1) is 17.6 Å². The minimum atomic E-state index is -1.04. The van der Waals surface area contributed by atoms with Crippen molar-refractivity contribution in [3.8, 4) is 0 Å². The van der Waals surface area contributed by atoms with Crippen molar-refractivity contribution in [1.82, 2.24) is 15.2 Å². The molecule has 0 radical (unpaired) electrons. The number of carbonyl (C=O) groups excluding carboxylic acids is 1. The molecule has 4 atom stereocenters. The van der Waals surface area contributed by atoms with Crippen LogP contribution >= 0.6 is 11.3 Å². The first kappa shape index (κ1) is 26.4. The molecule has 0 amide bonds. The number of hydrogen-bond donors (Lipinski definition) is 2. The second-order valence-corrected chi connectivity index (χ2v) is 10.5. The van der Waals surface area contributed by atoms with Crippen molar-refractivity contribution in [2.45, 2.75) is 44.3 Å². The van der Waals surface area contributed by atoms with E-state index in [-0.39, 0.29) is 36.6 Å². The van der Waals surface area contributed by atoms with Crippen molar-refractivity contribution in [3.05, 3.63) is 63.3 Å². The molecule has 2 aromatic rings. The lowest BCUT2D eigenvalue weighted by atomic mass is 9.82. The molecule has 0 saturated carbocycles. The minimum Gasteiger partial charge on any atom is -0.481 e. The van der Waals surface area contributed by atoms with Gasteiger partial charge >= 0.3 is 11.9 Å². The van der Waals surface area contributed by atoms with Crippen LogP contribution < -0.4 is 5.32 Å². The van der Waals surface area contributed by atoms with Gasteiger partial charge < -0.3 is 19.9 Å². The molecule has 3 unspecified atom stereocenters. The molecule has 12 heteroatoms. The lowest BCUT2D eigenvalue weighted by Crippen LogP contribution is -2.58. The Morgan fingerprint density at radius 2 is 2.00 bits per heavy atom. The van der Waals surface area contributed by atoms with E-state index in [1.54, 1.807) is 18.5 Å². The van der Waals surface area contributed by atoms with Gasteiger partial charge in [0.25, 0.3) is 0 Å². The molecule has 3 aliphatic rings. The highest BCUT2D eigenvalue weighted by molar-refractivity contribution is 7.11. The number of aliphatic carboxylic acids is 1. The predicted octanol–water partition coefficient (Wildman–Crippen LogP) is 3.28. The molecule has 0 spiro atoms. The standard InChI is InChI=1S/C26H28F2N4O5S/c1-2-37-26(35)22-20(11-32-16-7-14(9-21(33)34)8-17(32)13-36-12-16)30-24(25-29-5-6-38-25)31-23(22)15-3-4-18(27)19(28)10-15/h3-6,10,14,16-17,23H,2,7-9,11-13H2,1H3,(H,30,31)(H,33,34)/t14?,16-,17?,23?/m0/s1. The average molecular weight is 547 g/mol. The smallest absolute Gasteiger partial charge is 0.338 e. The number of benzene rings is 1. The van der Waals surface area contributed by atoms with Crippen LogP contribution in [-0.4, -0.2) is 71.2 Å². The fourth-order valence-corrected chi connectivity index (χ4v) is 6.09. The summed E-state index contributed by atoms with van der Waals surface area (Å²) >= 11 is 1.36. The zero-order chi connectivity index (χ0) is 26.8. The van der Waals surface area contributed by atoms with Crippen molar-refractivity contribution < 1.29 is 33.0 Å². The highest BCUT2D eigenvalue weighted by Gasteiger charge is 2.42. The first-order chi connectivity index (χ1) is 18.3. The van der Waals surface area contributed by atoms with Crippen LogP contribution in [0.15, 0.2) is 46.0 Å². The van der Waals surface area contributed by atoms with Crippen LogP contribution in [0.3, 0.4) is 0 Å². The molecule has 2 bridgehead atoms. The molecule has 0 aliphatic carbocycles. The van der Waals surface area contributed by atoms with Crippen LogP contribution in [0.25, 0.3) is 0 Å². The van der Waals surface area contributed by atoms with Crippen LogP contribution in [0.4, 0.5) is 8.78 Å². The van der Waals surface area contributed by atoms with Gasteiger partial charge in [-0.05, 0) is 43.4 Å². The number of halogens is 2. The number of amidine groups is 1. The van der Waals surface area contributed by atoms with Gasteiger partial charge in [0.1, 0.15) is 6.04 Å². The Balaban J connectivity index is 1.55. The quantitative estimate of drug-likeness (QED) is 0.485. The Hall–Kier alpha value is -3.22. The summed E-state index contributed by atoms with van der Waals surface area (Å²) in [5.74, 6) is -2.99. The van der Waals surface area contributed by atoms with Crippen molar-refractivity contribution in [2.75, 3.05) is 26.4 Å². The number of carboxylic acid groups (broad SMARTS) is 1. The third-order valence-electron chi connectivity index (χ3n) is 7.09. The Morgan fingerprint density at radius 1 is 1.24 bits per heavy atom. The maximum absolute atomic E-state index is 14.3. The van der Waals surface area contributed by atoms with E-state index in [9.17, 15) is 23.5 Å². The molecule has 2 N–H and O–H groups in total. The van der Waals surface area contributed by atoms with E-state index in [1.165, 1.54) is 17.4 Å². The molecule has 3 aliphatic heterocycles. The van der Waals surface area contributed by atoms with Gasteiger partial charge in [-0.1, -0.05) is 6.07 Å². The Morgan fingerprint density at radius 3 is 2.63 bits per heavy atom.